The van der Waals surface area contributed by atoms with E-state index in [2.05, 4.69) is 25.6 Å². The quantitative estimate of drug-likeness (QED) is 0.545. The standard InChI is InChI=1S/C22H28Cl2N6O4S/c1-35(32,33)30-6-2-3-15(13-30)22(31)29-18-9-16(17(23)11-26-18)20-21(24)27-12-19(28-20)25-10-14-4-7-34-8-5-14/h9,11-12,14-15H,2-8,10,13H2,1H3,(H,25,28)(H,26,29,31)/t15-/m0/s1. The molecule has 2 N–H and O–H groups in total. The van der Waals surface area contributed by atoms with Gasteiger partial charge in [-0.05, 0) is 37.7 Å². The minimum Gasteiger partial charge on any atom is -0.381 e. The van der Waals surface area contributed by atoms with E-state index in [1.54, 1.807) is 12.3 Å². The number of sulfonamides is 1. The number of nitrogens with one attached hydrogen (secondary N) is 2. The fourth-order valence-electron chi connectivity index (χ4n) is 4.20. The first kappa shape index (κ1) is 26.0. The molecule has 0 unspecified atom stereocenters. The van der Waals surface area contributed by atoms with E-state index >= 15 is 0 Å². The largest absolute Gasteiger partial charge is 0.381 e. The Morgan fingerprint density at radius 2 is 1.94 bits per heavy atom. The zero-order valence-electron chi connectivity index (χ0n) is 19.3. The number of carbonyl (C=O) groups excluding carboxylic acids is 1. The lowest BCUT2D eigenvalue weighted by molar-refractivity contribution is -0.120. The Balaban J connectivity index is 1.48. The van der Waals surface area contributed by atoms with Crippen molar-refractivity contribution in [2.45, 2.75) is 25.7 Å². The average Bonchev–Trinajstić information content (AvgIpc) is 2.85. The first-order chi connectivity index (χ1) is 16.7. The van der Waals surface area contributed by atoms with E-state index in [9.17, 15) is 13.2 Å². The summed E-state index contributed by atoms with van der Waals surface area (Å²) in [6.07, 6.45) is 7.32. The van der Waals surface area contributed by atoms with Crippen molar-refractivity contribution in [3.63, 3.8) is 0 Å². The van der Waals surface area contributed by atoms with Gasteiger partial charge in [-0.2, -0.15) is 0 Å². The van der Waals surface area contributed by atoms with Gasteiger partial charge in [-0.25, -0.2) is 27.7 Å². The molecule has 2 aliphatic rings. The molecule has 1 amide bonds. The van der Waals surface area contributed by atoms with Crippen molar-refractivity contribution in [1.82, 2.24) is 19.3 Å². The molecule has 4 rings (SSSR count). The number of ether oxygens (including phenoxy) is 1. The number of piperidine rings is 1. The number of aromatic nitrogens is 3. The summed E-state index contributed by atoms with van der Waals surface area (Å²) in [7, 11) is -3.36. The molecule has 2 fully saturated rings. The minimum absolute atomic E-state index is 0.142. The fraction of sp³-hybridized carbons (Fsp3) is 0.545. The molecule has 0 bridgehead atoms. The van der Waals surface area contributed by atoms with Crippen molar-refractivity contribution in [3.8, 4) is 11.3 Å². The summed E-state index contributed by atoms with van der Waals surface area (Å²) in [5.41, 5.74) is 0.845. The SMILES string of the molecule is CS(=O)(=O)N1CCC[C@H](C(=O)Nc2cc(-c3nc(NCC4CCOCC4)cnc3Cl)c(Cl)cn2)C1. The molecule has 0 aliphatic carbocycles. The van der Waals surface area contributed by atoms with Crippen LogP contribution in [0.5, 0.6) is 0 Å². The number of halogens is 2. The molecule has 2 aromatic heterocycles. The number of hydrogen-bond acceptors (Lipinski definition) is 8. The van der Waals surface area contributed by atoms with E-state index in [0.29, 0.717) is 47.4 Å². The molecule has 0 spiro atoms. The summed E-state index contributed by atoms with van der Waals surface area (Å²) < 4.78 is 30.5. The van der Waals surface area contributed by atoms with Crippen LogP contribution in [0.2, 0.25) is 10.2 Å². The Bertz CT molecular complexity index is 1180. The van der Waals surface area contributed by atoms with E-state index in [-0.39, 0.29) is 23.4 Å². The van der Waals surface area contributed by atoms with Crippen molar-refractivity contribution in [2.75, 3.05) is 49.7 Å². The Morgan fingerprint density at radius 3 is 2.69 bits per heavy atom. The average molecular weight is 543 g/mol. The predicted octanol–water partition coefficient (Wildman–Crippen LogP) is 3.29. The highest BCUT2D eigenvalue weighted by Crippen LogP contribution is 2.33. The van der Waals surface area contributed by atoms with Crippen LogP contribution in [0.4, 0.5) is 11.6 Å². The van der Waals surface area contributed by atoms with Gasteiger partial charge in [0, 0.05) is 44.6 Å². The number of nitrogens with zero attached hydrogens (tertiary/aromatic N) is 4. The highest BCUT2D eigenvalue weighted by molar-refractivity contribution is 7.88. The normalized spacial score (nSPS) is 19.9. The molecule has 1 atom stereocenters. The van der Waals surface area contributed by atoms with Gasteiger partial charge < -0.3 is 15.4 Å². The lowest BCUT2D eigenvalue weighted by Gasteiger charge is -2.30. The Labute approximate surface area is 214 Å². The smallest absolute Gasteiger partial charge is 0.229 e. The molecule has 2 aliphatic heterocycles. The highest BCUT2D eigenvalue weighted by Gasteiger charge is 2.30. The van der Waals surface area contributed by atoms with Gasteiger partial charge >= 0.3 is 0 Å². The van der Waals surface area contributed by atoms with Gasteiger partial charge in [0.25, 0.3) is 0 Å². The van der Waals surface area contributed by atoms with Gasteiger partial charge in [-0.3, -0.25) is 4.79 Å². The van der Waals surface area contributed by atoms with Crippen LogP contribution in [0.3, 0.4) is 0 Å². The van der Waals surface area contributed by atoms with Crippen LogP contribution in [0.25, 0.3) is 11.3 Å². The van der Waals surface area contributed by atoms with E-state index in [4.69, 9.17) is 27.9 Å². The van der Waals surface area contributed by atoms with Gasteiger partial charge in [0.2, 0.25) is 15.9 Å². The Morgan fingerprint density at radius 1 is 1.17 bits per heavy atom. The molecule has 10 nitrogen and oxygen atoms in total. The van der Waals surface area contributed by atoms with Crippen molar-refractivity contribution in [2.24, 2.45) is 11.8 Å². The van der Waals surface area contributed by atoms with Crippen LogP contribution in [0.1, 0.15) is 25.7 Å². The minimum atomic E-state index is -3.36. The van der Waals surface area contributed by atoms with Crippen LogP contribution >= 0.6 is 23.2 Å². The van der Waals surface area contributed by atoms with Crippen molar-refractivity contribution >= 4 is 50.8 Å². The van der Waals surface area contributed by atoms with Crippen molar-refractivity contribution in [3.05, 3.63) is 28.6 Å². The van der Waals surface area contributed by atoms with Crippen molar-refractivity contribution < 1.29 is 17.9 Å². The maximum Gasteiger partial charge on any atom is 0.229 e. The van der Waals surface area contributed by atoms with Crippen LogP contribution in [0, 0.1) is 11.8 Å². The summed E-state index contributed by atoms with van der Waals surface area (Å²) >= 11 is 12.7. The summed E-state index contributed by atoms with van der Waals surface area (Å²) in [5, 5.41) is 6.56. The second-order valence-electron chi connectivity index (χ2n) is 8.83. The third kappa shape index (κ3) is 6.79. The molecule has 35 heavy (non-hydrogen) atoms. The van der Waals surface area contributed by atoms with Crippen LogP contribution in [0.15, 0.2) is 18.5 Å². The molecule has 190 valence electrons. The Hall–Kier alpha value is -2.05. The molecule has 4 heterocycles. The number of carbonyl (C=O) groups is 1. The maximum atomic E-state index is 12.9. The Kier molecular flexibility index (Phi) is 8.43. The lowest BCUT2D eigenvalue weighted by Crippen LogP contribution is -2.43. The third-order valence-electron chi connectivity index (χ3n) is 6.23. The van der Waals surface area contributed by atoms with Gasteiger partial charge in [0.15, 0.2) is 5.15 Å². The molecule has 0 radical (unpaired) electrons. The van der Waals surface area contributed by atoms with E-state index in [1.165, 1.54) is 10.5 Å². The maximum absolute atomic E-state index is 12.9. The third-order valence-corrected chi connectivity index (χ3v) is 8.07. The summed E-state index contributed by atoms with van der Waals surface area (Å²) in [5.74, 6) is 0.555. The van der Waals surface area contributed by atoms with Gasteiger partial charge in [-0.15, -0.1) is 0 Å². The number of anilines is 2. The first-order valence-corrected chi connectivity index (χ1v) is 14.1. The molecule has 2 saturated heterocycles. The summed E-state index contributed by atoms with van der Waals surface area (Å²) in [6, 6.07) is 1.59. The van der Waals surface area contributed by atoms with Gasteiger partial charge in [-0.1, -0.05) is 23.2 Å². The fourth-order valence-corrected chi connectivity index (χ4v) is 5.50. The first-order valence-electron chi connectivity index (χ1n) is 11.5. The molecule has 13 heteroatoms. The monoisotopic (exact) mass is 542 g/mol. The van der Waals surface area contributed by atoms with E-state index < -0.39 is 15.9 Å². The second-order valence-corrected chi connectivity index (χ2v) is 11.6. The molecule has 2 aromatic rings. The van der Waals surface area contributed by atoms with E-state index in [0.717, 1.165) is 38.9 Å². The van der Waals surface area contributed by atoms with Crippen molar-refractivity contribution in [1.29, 1.82) is 0 Å². The molecular weight excluding hydrogens is 515 g/mol. The predicted molar refractivity (Wildman–Crippen MR) is 135 cm³/mol. The number of hydrogen-bond donors (Lipinski definition) is 2. The molecule has 0 aromatic carbocycles. The highest BCUT2D eigenvalue weighted by atomic mass is 35.5. The molecule has 0 saturated carbocycles. The summed E-state index contributed by atoms with van der Waals surface area (Å²) in [4.78, 5) is 25.9. The number of rotatable bonds is 7. The topological polar surface area (TPSA) is 126 Å². The number of amides is 1. The van der Waals surface area contributed by atoms with Crippen LogP contribution in [-0.4, -0.2) is 72.7 Å². The van der Waals surface area contributed by atoms with Gasteiger partial charge in [0.05, 0.1) is 23.4 Å². The lowest BCUT2D eigenvalue weighted by atomic mass is 9.99. The van der Waals surface area contributed by atoms with Gasteiger partial charge in [0.1, 0.15) is 17.3 Å². The zero-order chi connectivity index (χ0) is 25.0. The second kappa shape index (κ2) is 11.3. The number of pyridine rings is 1. The van der Waals surface area contributed by atoms with Crippen LogP contribution in [-0.2, 0) is 19.6 Å². The molecular formula is C22H28Cl2N6O4S. The summed E-state index contributed by atoms with van der Waals surface area (Å²) in [6.45, 7) is 2.83. The zero-order valence-corrected chi connectivity index (χ0v) is 21.7. The van der Waals surface area contributed by atoms with E-state index in [1.807, 2.05) is 0 Å². The van der Waals surface area contributed by atoms with Crippen LogP contribution < -0.4 is 10.6 Å².